The second kappa shape index (κ2) is 6.93. The first-order chi connectivity index (χ1) is 11.9. The highest BCUT2D eigenvalue weighted by Crippen LogP contribution is 2.27. The van der Waals surface area contributed by atoms with Crippen LogP contribution in [-0.4, -0.2) is 28.4 Å². The highest BCUT2D eigenvalue weighted by Gasteiger charge is 2.32. The minimum absolute atomic E-state index is 0.00309. The van der Waals surface area contributed by atoms with Crippen LogP contribution < -0.4 is 5.32 Å². The minimum atomic E-state index is -0.517. The van der Waals surface area contributed by atoms with E-state index in [1.54, 1.807) is 13.0 Å². The maximum atomic E-state index is 12.4. The van der Waals surface area contributed by atoms with Crippen molar-refractivity contribution in [2.75, 3.05) is 6.54 Å². The maximum absolute atomic E-state index is 12.4. The Bertz CT molecular complexity index is 917. The summed E-state index contributed by atoms with van der Waals surface area (Å²) in [5, 5.41) is 2.64. The molecule has 1 aliphatic heterocycles. The third-order valence-corrected chi connectivity index (χ3v) is 5.07. The van der Waals surface area contributed by atoms with Gasteiger partial charge in [-0.1, -0.05) is 22.0 Å². The maximum Gasteiger partial charge on any atom is 0.265 e. The van der Waals surface area contributed by atoms with E-state index < -0.39 is 11.8 Å². The van der Waals surface area contributed by atoms with Crippen LogP contribution in [0.4, 0.5) is 0 Å². The van der Waals surface area contributed by atoms with E-state index in [9.17, 15) is 9.59 Å². The van der Waals surface area contributed by atoms with Gasteiger partial charge in [0.25, 0.3) is 11.8 Å². The molecule has 2 heterocycles. The van der Waals surface area contributed by atoms with Gasteiger partial charge < -0.3 is 4.42 Å². The van der Waals surface area contributed by atoms with Crippen LogP contribution in [-0.2, 0) is 9.59 Å². The number of furan rings is 1. The molecule has 1 aromatic carbocycles. The van der Waals surface area contributed by atoms with Crippen LogP contribution in [0.1, 0.15) is 18.2 Å². The molecule has 0 unspecified atom stereocenters. The Morgan fingerprint density at radius 3 is 2.72 bits per heavy atom. The van der Waals surface area contributed by atoms with Crippen LogP contribution >= 0.6 is 28.1 Å². The fraction of sp³-hybridized carbons (Fsp3) is 0.167. The molecule has 3 rings (SSSR count). The Morgan fingerprint density at radius 1 is 1.28 bits per heavy atom. The van der Waals surface area contributed by atoms with Gasteiger partial charge in [0.1, 0.15) is 17.1 Å². The van der Waals surface area contributed by atoms with Crippen molar-refractivity contribution in [1.29, 1.82) is 0 Å². The zero-order chi connectivity index (χ0) is 18.1. The Balaban J connectivity index is 1.93. The van der Waals surface area contributed by atoms with Gasteiger partial charge in [0.2, 0.25) is 0 Å². The van der Waals surface area contributed by atoms with Crippen molar-refractivity contribution in [2.45, 2.75) is 13.8 Å². The molecule has 1 aromatic heterocycles. The summed E-state index contributed by atoms with van der Waals surface area (Å²) in [6.07, 6.45) is 1.44. The number of carbonyl (C=O) groups excluding carboxylic acids is 2. The molecule has 0 spiro atoms. The molecule has 0 radical (unpaired) electrons. The molecule has 5 nitrogen and oxygen atoms in total. The van der Waals surface area contributed by atoms with E-state index in [2.05, 4.69) is 21.2 Å². The molecule has 128 valence electrons. The summed E-state index contributed by atoms with van der Waals surface area (Å²) in [4.78, 5) is 25.8. The van der Waals surface area contributed by atoms with Gasteiger partial charge in [-0.3, -0.25) is 19.8 Å². The predicted octanol–water partition coefficient (Wildman–Crippen LogP) is 3.66. The Morgan fingerprint density at radius 2 is 2.04 bits per heavy atom. The number of hydrogen-bond donors (Lipinski definition) is 1. The van der Waals surface area contributed by atoms with Crippen molar-refractivity contribution >= 4 is 51.2 Å². The second-order valence-corrected chi connectivity index (χ2v) is 6.77. The number of carbonyl (C=O) groups is 2. The molecule has 0 atom stereocenters. The van der Waals surface area contributed by atoms with E-state index in [0.29, 0.717) is 18.1 Å². The first-order valence-electron chi connectivity index (χ1n) is 7.66. The number of aryl methyl sites for hydroxylation is 1. The SMILES string of the molecule is CCN1C(=O)/C(=C/c2ccc(-c3ccc(Br)c(C)c3)o2)C(=O)NC1=S. The average Bonchev–Trinajstić information content (AvgIpc) is 3.03. The molecule has 0 aliphatic carbocycles. The van der Waals surface area contributed by atoms with Gasteiger partial charge in [-0.25, -0.2) is 0 Å². The third kappa shape index (κ3) is 3.43. The van der Waals surface area contributed by atoms with Crippen LogP contribution in [0.3, 0.4) is 0 Å². The molecular formula is C18H15BrN2O3S. The molecule has 2 aromatic rings. The number of nitrogens with one attached hydrogen (secondary N) is 1. The van der Waals surface area contributed by atoms with Crippen molar-refractivity contribution < 1.29 is 14.0 Å². The molecular weight excluding hydrogens is 404 g/mol. The molecule has 2 amide bonds. The largest absolute Gasteiger partial charge is 0.457 e. The standard InChI is InChI=1S/C18H15BrN2O3S/c1-3-21-17(23)13(16(22)20-18(21)25)9-12-5-7-15(24-12)11-4-6-14(19)10(2)8-11/h4-9H,3H2,1-2H3,(H,20,22,25)/b13-9+. The number of nitrogens with zero attached hydrogens (tertiary/aromatic N) is 1. The molecule has 1 saturated heterocycles. The summed E-state index contributed by atoms with van der Waals surface area (Å²) in [6.45, 7) is 4.17. The summed E-state index contributed by atoms with van der Waals surface area (Å²) >= 11 is 8.47. The predicted molar refractivity (Wildman–Crippen MR) is 103 cm³/mol. The summed E-state index contributed by atoms with van der Waals surface area (Å²) in [7, 11) is 0. The zero-order valence-corrected chi connectivity index (χ0v) is 16.0. The number of likely N-dealkylation sites (N-methyl/N-ethyl adjacent to an activating group) is 1. The van der Waals surface area contributed by atoms with Gasteiger partial charge in [0, 0.05) is 16.6 Å². The highest BCUT2D eigenvalue weighted by atomic mass is 79.9. The Hall–Kier alpha value is -2.25. The first-order valence-corrected chi connectivity index (χ1v) is 8.86. The van der Waals surface area contributed by atoms with Gasteiger partial charge in [0.15, 0.2) is 5.11 Å². The molecule has 1 aliphatic rings. The highest BCUT2D eigenvalue weighted by molar-refractivity contribution is 9.10. The fourth-order valence-electron chi connectivity index (χ4n) is 2.51. The van der Waals surface area contributed by atoms with Crippen molar-refractivity contribution in [3.63, 3.8) is 0 Å². The minimum Gasteiger partial charge on any atom is -0.457 e. The van der Waals surface area contributed by atoms with Crippen LogP contribution in [0.5, 0.6) is 0 Å². The number of amides is 2. The third-order valence-electron chi connectivity index (χ3n) is 3.86. The smallest absolute Gasteiger partial charge is 0.265 e. The van der Waals surface area contributed by atoms with E-state index >= 15 is 0 Å². The molecule has 25 heavy (non-hydrogen) atoms. The zero-order valence-electron chi connectivity index (χ0n) is 13.6. The summed E-state index contributed by atoms with van der Waals surface area (Å²) < 4.78 is 6.80. The average molecular weight is 419 g/mol. The van der Waals surface area contributed by atoms with Gasteiger partial charge in [-0.05, 0) is 62.0 Å². The second-order valence-electron chi connectivity index (χ2n) is 5.53. The van der Waals surface area contributed by atoms with Gasteiger partial charge in [0.05, 0.1) is 0 Å². The lowest BCUT2D eigenvalue weighted by molar-refractivity contribution is -0.128. The first kappa shape index (κ1) is 17.6. The summed E-state index contributed by atoms with van der Waals surface area (Å²) in [5.74, 6) is 0.151. The molecule has 1 N–H and O–H groups in total. The Kier molecular flexibility index (Phi) is 4.87. The van der Waals surface area contributed by atoms with E-state index in [4.69, 9.17) is 16.6 Å². The van der Waals surface area contributed by atoms with Crippen molar-refractivity contribution in [3.8, 4) is 11.3 Å². The van der Waals surface area contributed by atoms with Crippen molar-refractivity contribution in [2.24, 2.45) is 0 Å². The van der Waals surface area contributed by atoms with E-state index in [0.717, 1.165) is 15.6 Å². The van der Waals surface area contributed by atoms with Crippen LogP contribution in [0, 0.1) is 6.92 Å². The Labute approximate surface area is 158 Å². The topological polar surface area (TPSA) is 62.6 Å². The molecule has 0 bridgehead atoms. The normalized spacial score (nSPS) is 16.5. The number of thiocarbonyl (C=S) groups is 1. The van der Waals surface area contributed by atoms with Gasteiger partial charge in [-0.2, -0.15) is 0 Å². The molecule has 1 fully saturated rings. The lowest BCUT2D eigenvalue weighted by Crippen LogP contribution is -2.53. The van der Waals surface area contributed by atoms with Gasteiger partial charge >= 0.3 is 0 Å². The lowest BCUT2D eigenvalue weighted by Gasteiger charge is -2.27. The number of benzene rings is 1. The van der Waals surface area contributed by atoms with Crippen LogP contribution in [0.25, 0.3) is 17.4 Å². The fourth-order valence-corrected chi connectivity index (χ4v) is 3.06. The van der Waals surface area contributed by atoms with Crippen molar-refractivity contribution in [1.82, 2.24) is 10.2 Å². The van der Waals surface area contributed by atoms with E-state index in [1.165, 1.54) is 11.0 Å². The van der Waals surface area contributed by atoms with E-state index in [-0.39, 0.29) is 10.7 Å². The molecule has 7 heteroatoms. The quantitative estimate of drug-likeness (QED) is 0.469. The monoisotopic (exact) mass is 418 g/mol. The summed E-state index contributed by atoms with van der Waals surface area (Å²) in [6, 6.07) is 9.41. The lowest BCUT2D eigenvalue weighted by atomic mass is 10.1. The number of halogens is 1. The molecule has 0 saturated carbocycles. The van der Waals surface area contributed by atoms with Crippen LogP contribution in [0.15, 0.2) is 44.8 Å². The van der Waals surface area contributed by atoms with Gasteiger partial charge in [-0.15, -0.1) is 0 Å². The van der Waals surface area contributed by atoms with Crippen molar-refractivity contribution in [3.05, 3.63) is 51.7 Å². The van der Waals surface area contributed by atoms with E-state index in [1.807, 2.05) is 31.2 Å². The number of hydrogen-bond acceptors (Lipinski definition) is 4. The summed E-state index contributed by atoms with van der Waals surface area (Å²) in [5.41, 5.74) is 2.01. The number of rotatable bonds is 3. The van der Waals surface area contributed by atoms with Crippen LogP contribution in [0.2, 0.25) is 0 Å².